The molecule has 11 heteroatoms. The van der Waals surface area contributed by atoms with Crippen molar-refractivity contribution in [2.24, 2.45) is 17.4 Å². The maximum Gasteiger partial charge on any atom is 0.254 e. The monoisotopic (exact) mass is 466 g/mol. The van der Waals surface area contributed by atoms with Gasteiger partial charge in [0.05, 0.1) is 5.56 Å². The van der Waals surface area contributed by atoms with Gasteiger partial charge in [-0.1, -0.05) is 0 Å². The number of nitrogens with zero attached hydrogens (tertiary/aromatic N) is 4. The third kappa shape index (κ3) is 5.36. The molecule has 2 heterocycles. The van der Waals surface area contributed by atoms with Crippen molar-refractivity contribution >= 4 is 40.9 Å². The molecule has 1 aliphatic heterocycles. The lowest BCUT2D eigenvalue weighted by molar-refractivity contribution is -0.129. The topological polar surface area (TPSA) is 160 Å². The third-order valence-corrected chi connectivity index (χ3v) is 6.44. The van der Waals surface area contributed by atoms with Crippen molar-refractivity contribution in [3.05, 3.63) is 36.0 Å². The molecule has 2 atom stereocenters. The number of hydrogen-bond acceptors (Lipinski definition) is 8. The van der Waals surface area contributed by atoms with Gasteiger partial charge >= 0.3 is 0 Å². The lowest BCUT2D eigenvalue weighted by Gasteiger charge is -2.35. The number of carbonyl (C=O) groups excluding carboxylic acids is 3. The number of rotatable bonds is 7. The molecule has 0 unspecified atom stereocenters. The first-order valence-corrected chi connectivity index (χ1v) is 11.4. The quantitative estimate of drug-likeness (QED) is 0.471. The lowest BCUT2D eigenvalue weighted by atomic mass is 10.1. The van der Waals surface area contributed by atoms with Gasteiger partial charge in [0.25, 0.3) is 5.91 Å². The summed E-state index contributed by atoms with van der Waals surface area (Å²) in [4.78, 5) is 47.6. The summed E-state index contributed by atoms with van der Waals surface area (Å²) in [6, 6.07) is 7.84. The number of piperazine rings is 1. The summed E-state index contributed by atoms with van der Waals surface area (Å²) in [5.41, 5.74) is 13.0. The Morgan fingerprint density at radius 2 is 1.74 bits per heavy atom. The first kappa shape index (κ1) is 23.3. The van der Waals surface area contributed by atoms with E-state index in [1.54, 1.807) is 6.92 Å². The van der Waals surface area contributed by atoms with E-state index < -0.39 is 5.91 Å². The highest BCUT2D eigenvalue weighted by Gasteiger charge is 2.29. The van der Waals surface area contributed by atoms with Crippen LogP contribution in [0.2, 0.25) is 0 Å². The van der Waals surface area contributed by atoms with Crippen molar-refractivity contribution in [1.29, 1.82) is 0 Å². The molecular weight excluding hydrogens is 436 g/mol. The van der Waals surface area contributed by atoms with Crippen LogP contribution in [0.1, 0.15) is 36.5 Å². The molecule has 4 rings (SSSR count). The molecule has 6 N–H and O–H groups in total. The van der Waals surface area contributed by atoms with Crippen molar-refractivity contribution in [2.75, 3.05) is 41.7 Å². The van der Waals surface area contributed by atoms with Crippen LogP contribution in [0.3, 0.4) is 0 Å². The van der Waals surface area contributed by atoms with E-state index >= 15 is 0 Å². The van der Waals surface area contributed by atoms with Crippen LogP contribution < -0.4 is 27.0 Å². The summed E-state index contributed by atoms with van der Waals surface area (Å²) in [5, 5.41) is 6.39. The van der Waals surface area contributed by atoms with Crippen LogP contribution in [0.15, 0.2) is 30.5 Å². The van der Waals surface area contributed by atoms with Crippen LogP contribution in [0, 0.1) is 5.92 Å². The molecule has 2 aliphatic rings. The van der Waals surface area contributed by atoms with Gasteiger partial charge in [-0.05, 0) is 43.5 Å². The Balaban J connectivity index is 1.42. The number of nitrogens with two attached hydrogens (primary N) is 2. The predicted octanol–water partition coefficient (Wildman–Crippen LogP) is 1.05. The van der Waals surface area contributed by atoms with E-state index in [4.69, 9.17) is 11.5 Å². The summed E-state index contributed by atoms with van der Waals surface area (Å²) in [7, 11) is 0. The Bertz CT molecular complexity index is 1070. The maximum atomic E-state index is 11.9. The second kappa shape index (κ2) is 9.94. The normalized spacial score (nSPS) is 20.1. The number of nitrogens with one attached hydrogen (secondary N) is 2. The predicted molar refractivity (Wildman–Crippen MR) is 129 cm³/mol. The van der Waals surface area contributed by atoms with E-state index in [9.17, 15) is 14.4 Å². The van der Waals surface area contributed by atoms with E-state index in [0.29, 0.717) is 37.7 Å². The number of carbonyl (C=O) groups is 3. The van der Waals surface area contributed by atoms with Crippen molar-refractivity contribution < 1.29 is 14.4 Å². The second-order valence-corrected chi connectivity index (χ2v) is 8.74. The van der Waals surface area contributed by atoms with Gasteiger partial charge in [0, 0.05) is 62.6 Å². The van der Waals surface area contributed by atoms with E-state index in [1.807, 2.05) is 29.2 Å². The van der Waals surface area contributed by atoms with Crippen LogP contribution in [0.4, 0.5) is 23.1 Å². The van der Waals surface area contributed by atoms with Crippen LogP contribution in [0.25, 0.3) is 0 Å². The van der Waals surface area contributed by atoms with E-state index in [-0.39, 0.29) is 29.3 Å². The Morgan fingerprint density at radius 1 is 1.03 bits per heavy atom. The first-order chi connectivity index (χ1) is 16.3. The van der Waals surface area contributed by atoms with Gasteiger partial charge in [0.15, 0.2) is 0 Å². The van der Waals surface area contributed by atoms with Gasteiger partial charge in [0.2, 0.25) is 17.8 Å². The fraction of sp³-hybridized carbons (Fsp3) is 0.435. The van der Waals surface area contributed by atoms with Gasteiger partial charge < -0.3 is 31.9 Å². The van der Waals surface area contributed by atoms with Gasteiger partial charge in [-0.15, -0.1) is 0 Å². The van der Waals surface area contributed by atoms with Crippen molar-refractivity contribution in [1.82, 2.24) is 14.9 Å². The Labute approximate surface area is 197 Å². The molecule has 0 spiro atoms. The number of hydrogen-bond donors (Lipinski definition) is 4. The molecular formula is C23H30N8O3. The highest BCUT2D eigenvalue weighted by Crippen LogP contribution is 2.29. The summed E-state index contributed by atoms with van der Waals surface area (Å²) in [5.74, 6) is -0.366. The SMILES string of the molecule is CC(=O)N1CCN(c2ccc(Nc3ncc(C(N)=O)c(N[C@@H]4CC[C@H](C(N)=O)C4)n3)cc2)CC1. The zero-order valence-electron chi connectivity index (χ0n) is 19.2. The zero-order valence-corrected chi connectivity index (χ0v) is 19.2. The van der Waals surface area contributed by atoms with Gasteiger partial charge in [-0.3, -0.25) is 14.4 Å². The van der Waals surface area contributed by atoms with Crippen LogP contribution in [-0.2, 0) is 9.59 Å². The minimum Gasteiger partial charge on any atom is -0.369 e. The second-order valence-electron chi connectivity index (χ2n) is 8.74. The Morgan fingerprint density at radius 3 is 2.32 bits per heavy atom. The average molecular weight is 467 g/mol. The van der Waals surface area contributed by atoms with Crippen LogP contribution in [-0.4, -0.2) is 64.8 Å². The van der Waals surface area contributed by atoms with Crippen molar-refractivity contribution in [2.45, 2.75) is 32.2 Å². The van der Waals surface area contributed by atoms with Crippen LogP contribution >= 0.6 is 0 Å². The molecule has 1 saturated carbocycles. The minimum atomic E-state index is -0.632. The molecule has 180 valence electrons. The van der Waals surface area contributed by atoms with Gasteiger partial charge in [0.1, 0.15) is 5.82 Å². The highest BCUT2D eigenvalue weighted by molar-refractivity contribution is 5.97. The largest absolute Gasteiger partial charge is 0.369 e. The van der Waals surface area contributed by atoms with Crippen molar-refractivity contribution in [3.63, 3.8) is 0 Å². The number of primary amides is 2. The molecule has 1 aromatic carbocycles. The average Bonchev–Trinajstić information content (AvgIpc) is 3.28. The number of aromatic nitrogens is 2. The van der Waals surface area contributed by atoms with Gasteiger partial charge in [-0.25, -0.2) is 4.98 Å². The lowest BCUT2D eigenvalue weighted by Crippen LogP contribution is -2.48. The summed E-state index contributed by atoms with van der Waals surface area (Å²) >= 11 is 0. The summed E-state index contributed by atoms with van der Waals surface area (Å²) in [6.07, 6.45) is 3.43. The molecule has 1 aromatic heterocycles. The van der Waals surface area contributed by atoms with Crippen molar-refractivity contribution in [3.8, 4) is 0 Å². The molecule has 0 bridgehead atoms. The number of amides is 3. The molecule has 11 nitrogen and oxygen atoms in total. The third-order valence-electron chi connectivity index (χ3n) is 6.44. The number of anilines is 4. The molecule has 2 fully saturated rings. The Hall–Kier alpha value is -3.89. The molecule has 1 saturated heterocycles. The standard InChI is InChI=1S/C23H30N8O3/c1-14(32)30-8-10-31(11-9-30)18-6-4-16(5-7-18)28-23-26-13-19(21(25)34)22(29-23)27-17-3-2-15(12-17)20(24)33/h4-7,13,15,17H,2-3,8-12H2,1H3,(H2,24,33)(H2,25,34)(H2,26,27,28,29)/t15-,17+/m0/s1. The Kier molecular flexibility index (Phi) is 6.80. The van der Waals surface area contributed by atoms with E-state index in [2.05, 4.69) is 25.5 Å². The van der Waals surface area contributed by atoms with E-state index in [0.717, 1.165) is 30.9 Å². The molecule has 0 radical (unpaired) electrons. The molecule has 34 heavy (non-hydrogen) atoms. The minimum absolute atomic E-state index is 0.0268. The van der Waals surface area contributed by atoms with Gasteiger partial charge in [-0.2, -0.15) is 4.98 Å². The van der Waals surface area contributed by atoms with Crippen LogP contribution in [0.5, 0.6) is 0 Å². The smallest absolute Gasteiger partial charge is 0.254 e. The highest BCUT2D eigenvalue weighted by atomic mass is 16.2. The molecule has 3 amide bonds. The fourth-order valence-corrected chi connectivity index (χ4v) is 4.46. The first-order valence-electron chi connectivity index (χ1n) is 11.4. The fourth-order valence-electron chi connectivity index (χ4n) is 4.46. The summed E-state index contributed by atoms with van der Waals surface area (Å²) in [6.45, 7) is 4.60. The summed E-state index contributed by atoms with van der Waals surface area (Å²) < 4.78 is 0. The molecule has 1 aliphatic carbocycles. The maximum absolute atomic E-state index is 11.9. The number of benzene rings is 1. The zero-order chi connectivity index (χ0) is 24.2. The molecule has 2 aromatic rings. The van der Waals surface area contributed by atoms with E-state index in [1.165, 1.54) is 6.20 Å².